The van der Waals surface area contributed by atoms with Crippen molar-refractivity contribution in [1.29, 1.82) is 0 Å². The van der Waals surface area contributed by atoms with Crippen molar-refractivity contribution < 1.29 is 47.6 Å². The van der Waals surface area contributed by atoms with Crippen molar-refractivity contribution in [2.24, 2.45) is 0 Å². The summed E-state index contributed by atoms with van der Waals surface area (Å²) in [5.74, 6) is 0. The number of unbranched alkanes of at least 4 members (excludes halogenated alkanes) is 13. The normalized spacial score (nSPS) is 13.9. The van der Waals surface area contributed by atoms with Crippen LogP contribution in [0.2, 0.25) is 0 Å². The Morgan fingerprint density at radius 1 is 0.679 bits per heavy atom. The average molecular weight is 429 g/mol. The molecule has 0 heterocycles. The average Bonchev–Trinajstić information content (AvgIpc) is 2.62. The maximum Gasteiger partial charge on any atom is 1.00 e. The van der Waals surface area contributed by atoms with Crippen LogP contribution in [-0.4, -0.2) is 29.4 Å². The fraction of sp³-hybridized carbons (Fsp3) is 1.00. The Balaban J connectivity index is 0. The summed E-state index contributed by atoms with van der Waals surface area (Å²) in [7, 11) is -4.09. The van der Waals surface area contributed by atoms with Crippen molar-refractivity contribution >= 4 is 10.1 Å². The predicted molar refractivity (Wildman–Crippen MR) is 114 cm³/mol. The molecule has 0 aliphatic carbocycles. The Labute approximate surface area is 197 Å². The summed E-state index contributed by atoms with van der Waals surface area (Å²) in [6, 6.07) is 0. The molecule has 28 heavy (non-hydrogen) atoms. The molecule has 2 atom stereocenters. The quantitative estimate of drug-likeness (QED) is 0.183. The Hall–Kier alpha value is 0.870. The van der Waals surface area contributed by atoms with Gasteiger partial charge >= 0.3 is 29.6 Å². The Morgan fingerprint density at radius 2 is 1.00 bits per heavy atom. The van der Waals surface area contributed by atoms with E-state index in [1.54, 1.807) is 0 Å². The summed E-state index contributed by atoms with van der Waals surface area (Å²) in [6.07, 6.45) is 20.6. The van der Waals surface area contributed by atoms with Gasteiger partial charge in [-0.15, -0.1) is 0 Å². The third-order valence-corrected chi connectivity index (χ3v) is 6.75. The van der Waals surface area contributed by atoms with Crippen molar-refractivity contribution in [2.75, 3.05) is 0 Å². The summed E-state index contributed by atoms with van der Waals surface area (Å²) < 4.78 is 32.4. The van der Waals surface area contributed by atoms with E-state index in [-0.39, 0.29) is 35.7 Å². The van der Waals surface area contributed by atoms with Crippen LogP contribution < -0.4 is 29.6 Å². The number of hydrogen-bond donors (Lipinski definition) is 1. The fourth-order valence-corrected chi connectivity index (χ4v) is 3.94. The van der Waals surface area contributed by atoms with E-state index >= 15 is 0 Å². The molecule has 0 aromatic rings. The van der Waals surface area contributed by atoms with E-state index in [2.05, 4.69) is 6.92 Å². The van der Waals surface area contributed by atoms with Crippen LogP contribution in [0, 0.1) is 0 Å². The topological polar surface area (TPSA) is 77.4 Å². The van der Waals surface area contributed by atoms with Crippen molar-refractivity contribution in [3.05, 3.63) is 0 Å². The van der Waals surface area contributed by atoms with Crippen LogP contribution in [0.1, 0.15) is 129 Å². The van der Waals surface area contributed by atoms with Crippen LogP contribution in [0.15, 0.2) is 0 Å². The number of hydrogen-bond acceptors (Lipinski definition) is 4. The molecular weight excluding hydrogens is 383 g/mol. The maximum atomic E-state index is 10.8. The summed E-state index contributed by atoms with van der Waals surface area (Å²) in [5.41, 5.74) is 0. The summed E-state index contributed by atoms with van der Waals surface area (Å²) in [6.45, 7) is 3.68. The van der Waals surface area contributed by atoms with Gasteiger partial charge in [-0.3, -0.25) is 0 Å². The van der Waals surface area contributed by atoms with Gasteiger partial charge in [-0.2, -0.15) is 0 Å². The van der Waals surface area contributed by atoms with Crippen molar-refractivity contribution in [3.8, 4) is 0 Å². The minimum Gasteiger partial charge on any atom is -0.748 e. The first-order valence-electron chi connectivity index (χ1n) is 11.5. The van der Waals surface area contributed by atoms with E-state index in [9.17, 15) is 18.1 Å². The largest absolute Gasteiger partial charge is 1.00 e. The molecule has 4 nitrogen and oxygen atoms in total. The van der Waals surface area contributed by atoms with E-state index in [4.69, 9.17) is 0 Å². The van der Waals surface area contributed by atoms with Crippen LogP contribution in [0.25, 0.3) is 0 Å². The standard InChI is InChI=1S/C22H46O4S.Na/c1-3-4-19-22(23)20-17-15-13-11-9-7-5-6-8-10-12-14-16-18-21(2)27(24,25)26;/h21-23H,3-20H2,1-2H3,(H,24,25,26);/q;+1/p-1. The van der Waals surface area contributed by atoms with Gasteiger partial charge in [0, 0.05) is 5.25 Å². The second kappa shape index (κ2) is 21.1. The van der Waals surface area contributed by atoms with Crippen LogP contribution in [0.3, 0.4) is 0 Å². The molecule has 0 saturated carbocycles. The van der Waals surface area contributed by atoms with E-state index in [1.165, 1.54) is 77.6 Å². The molecule has 164 valence electrons. The van der Waals surface area contributed by atoms with Crippen molar-refractivity contribution in [1.82, 2.24) is 0 Å². The van der Waals surface area contributed by atoms with E-state index < -0.39 is 15.4 Å². The van der Waals surface area contributed by atoms with E-state index in [0.717, 1.165) is 38.5 Å². The van der Waals surface area contributed by atoms with Crippen LogP contribution >= 0.6 is 0 Å². The second-order valence-electron chi connectivity index (χ2n) is 8.27. The number of aliphatic hydroxyl groups excluding tert-OH is 1. The van der Waals surface area contributed by atoms with E-state index in [0.29, 0.717) is 6.42 Å². The molecule has 2 unspecified atom stereocenters. The predicted octanol–water partition coefficient (Wildman–Crippen LogP) is 3.33. The third-order valence-electron chi connectivity index (χ3n) is 5.53. The Bertz CT molecular complexity index is 415. The Kier molecular flexibility index (Phi) is 23.4. The molecule has 0 fully saturated rings. The molecule has 0 rings (SSSR count). The SMILES string of the molecule is CCCCC(O)CCCCCCCCCCCCCCCC(C)S(=O)(=O)[O-].[Na+]. The van der Waals surface area contributed by atoms with Gasteiger partial charge in [-0.1, -0.05) is 103 Å². The molecule has 0 aliphatic heterocycles. The molecule has 6 heteroatoms. The van der Waals surface area contributed by atoms with Gasteiger partial charge in [0.1, 0.15) is 0 Å². The van der Waals surface area contributed by atoms with Gasteiger partial charge in [-0.05, 0) is 26.2 Å². The molecule has 0 amide bonds. The first-order chi connectivity index (χ1) is 12.9. The smallest absolute Gasteiger partial charge is 0.748 e. The first-order valence-corrected chi connectivity index (χ1v) is 13.0. The molecule has 0 aliphatic rings. The minimum atomic E-state index is -4.09. The van der Waals surface area contributed by atoms with Gasteiger partial charge < -0.3 is 9.66 Å². The summed E-state index contributed by atoms with van der Waals surface area (Å²) in [4.78, 5) is 0. The van der Waals surface area contributed by atoms with Gasteiger partial charge in [0.15, 0.2) is 0 Å². The molecule has 0 saturated heterocycles. The van der Waals surface area contributed by atoms with E-state index in [1.807, 2.05) is 0 Å². The third kappa shape index (κ3) is 21.6. The monoisotopic (exact) mass is 428 g/mol. The zero-order valence-electron chi connectivity index (χ0n) is 19.0. The van der Waals surface area contributed by atoms with Crippen LogP contribution in [0.4, 0.5) is 0 Å². The Morgan fingerprint density at radius 3 is 1.36 bits per heavy atom. The molecular formula is C22H45NaO4S. The molecule has 0 aromatic carbocycles. The molecule has 0 radical (unpaired) electrons. The molecule has 1 N–H and O–H groups in total. The van der Waals surface area contributed by atoms with Crippen molar-refractivity contribution in [3.63, 3.8) is 0 Å². The first kappa shape index (κ1) is 31.1. The molecule has 0 spiro atoms. The summed E-state index contributed by atoms with van der Waals surface area (Å²) in [5, 5.41) is 9.06. The zero-order valence-corrected chi connectivity index (χ0v) is 21.8. The zero-order chi connectivity index (χ0) is 20.4. The second-order valence-corrected chi connectivity index (χ2v) is 10.1. The van der Waals surface area contributed by atoms with Gasteiger partial charge in [0.05, 0.1) is 16.2 Å². The minimum absolute atomic E-state index is 0. The molecule has 0 bridgehead atoms. The van der Waals surface area contributed by atoms with Gasteiger partial charge in [0.2, 0.25) is 0 Å². The maximum absolute atomic E-state index is 10.8. The van der Waals surface area contributed by atoms with Gasteiger partial charge in [-0.25, -0.2) is 8.42 Å². The summed E-state index contributed by atoms with van der Waals surface area (Å²) >= 11 is 0. The van der Waals surface area contributed by atoms with Crippen LogP contribution in [0.5, 0.6) is 0 Å². The number of rotatable bonds is 20. The van der Waals surface area contributed by atoms with Gasteiger partial charge in [0.25, 0.3) is 0 Å². The van der Waals surface area contributed by atoms with Crippen molar-refractivity contribution in [2.45, 2.75) is 141 Å². The number of aliphatic hydroxyl groups is 1. The fourth-order valence-electron chi connectivity index (χ4n) is 3.48. The van der Waals surface area contributed by atoms with Crippen LogP contribution in [-0.2, 0) is 10.1 Å². The molecule has 0 aromatic heterocycles.